The largest absolute Gasteiger partial charge is 0.350 e. The van der Waals surface area contributed by atoms with Crippen LogP contribution in [0, 0.1) is 0 Å². The number of carbonyl (C=O) groups excluding carboxylic acids is 2. The standard InChI is InChI=1S/C31H37Cl2N3O4S/c1-6-22-15-17-24(18-16-22)36(41(5,39)40)21-29(37)35(20-25-26(32)13-10-14-27(25)33)28(30(38)34-31(2,3)4)19-23-11-8-7-9-12-23/h7-18,28H,6,19-21H2,1-5H3,(H,34,38)/t28-/m0/s1. The average Bonchev–Trinajstić information content (AvgIpc) is 2.89. The van der Waals surface area contributed by atoms with Gasteiger partial charge in [0.15, 0.2) is 0 Å². The van der Waals surface area contributed by atoms with Crippen molar-refractivity contribution >= 4 is 50.7 Å². The van der Waals surface area contributed by atoms with Crippen molar-refractivity contribution in [1.82, 2.24) is 10.2 Å². The van der Waals surface area contributed by atoms with Crippen molar-refractivity contribution in [2.45, 2.75) is 58.7 Å². The molecule has 0 saturated carbocycles. The summed E-state index contributed by atoms with van der Waals surface area (Å²) in [6, 6.07) is 20.4. The van der Waals surface area contributed by atoms with E-state index in [9.17, 15) is 18.0 Å². The van der Waals surface area contributed by atoms with Crippen LogP contribution in [0.2, 0.25) is 10.0 Å². The fourth-order valence-electron chi connectivity index (χ4n) is 4.37. The van der Waals surface area contributed by atoms with Crippen molar-refractivity contribution in [3.05, 3.63) is 99.5 Å². The Labute approximate surface area is 253 Å². The first kappa shape index (κ1) is 32.4. The zero-order chi connectivity index (χ0) is 30.4. The highest BCUT2D eigenvalue weighted by Crippen LogP contribution is 2.28. The van der Waals surface area contributed by atoms with Gasteiger partial charge in [0.05, 0.1) is 11.9 Å². The van der Waals surface area contributed by atoms with E-state index in [1.54, 1.807) is 30.3 Å². The SMILES string of the molecule is CCc1ccc(N(CC(=O)N(Cc2c(Cl)cccc2Cl)[C@@H](Cc2ccccc2)C(=O)NC(C)(C)C)S(C)(=O)=O)cc1. The molecule has 2 amide bonds. The molecule has 0 spiro atoms. The second kappa shape index (κ2) is 13.7. The lowest BCUT2D eigenvalue weighted by molar-refractivity contribution is -0.140. The number of anilines is 1. The summed E-state index contributed by atoms with van der Waals surface area (Å²) in [5.74, 6) is -0.952. The number of benzene rings is 3. The first-order valence-corrected chi connectivity index (χ1v) is 15.9. The molecule has 0 fully saturated rings. The van der Waals surface area contributed by atoms with Gasteiger partial charge in [0.25, 0.3) is 0 Å². The van der Waals surface area contributed by atoms with E-state index in [1.807, 2.05) is 70.2 Å². The number of aryl methyl sites for hydroxylation is 1. The van der Waals surface area contributed by atoms with Crippen molar-refractivity contribution in [3.63, 3.8) is 0 Å². The third-order valence-electron chi connectivity index (χ3n) is 6.47. The van der Waals surface area contributed by atoms with Crippen molar-refractivity contribution in [2.24, 2.45) is 0 Å². The molecule has 0 radical (unpaired) electrons. The monoisotopic (exact) mass is 617 g/mol. The minimum atomic E-state index is -3.86. The molecule has 220 valence electrons. The number of hydrogen-bond acceptors (Lipinski definition) is 4. The lowest BCUT2D eigenvalue weighted by Crippen LogP contribution is -2.56. The Balaban J connectivity index is 2.11. The molecule has 0 heterocycles. The maximum Gasteiger partial charge on any atom is 0.244 e. The van der Waals surface area contributed by atoms with Gasteiger partial charge in [-0.1, -0.05) is 78.7 Å². The highest BCUT2D eigenvalue weighted by Gasteiger charge is 2.35. The maximum atomic E-state index is 14.2. The topological polar surface area (TPSA) is 86.8 Å². The van der Waals surface area contributed by atoms with Crippen molar-refractivity contribution < 1.29 is 18.0 Å². The number of nitrogens with one attached hydrogen (secondary N) is 1. The highest BCUT2D eigenvalue weighted by atomic mass is 35.5. The summed E-state index contributed by atoms with van der Waals surface area (Å²) in [7, 11) is -3.86. The Morgan fingerprint density at radius 1 is 0.878 bits per heavy atom. The molecule has 3 rings (SSSR count). The van der Waals surface area contributed by atoms with Crippen LogP contribution in [0.1, 0.15) is 44.4 Å². The Kier molecular flexibility index (Phi) is 10.9. The molecule has 0 aliphatic rings. The number of rotatable bonds is 11. The van der Waals surface area contributed by atoms with E-state index >= 15 is 0 Å². The van der Waals surface area contributed by atoms with E-state index in [2.05, 4.69) is 5.32 Å². The highest BCUT2D eigenvalue weighted by molar-refractivity contribution is 7.92. The normalized spacial score (nSPS) is 12.5. The molecular formula is C31H37Cl2N3O4S. The van der Waals surface area contributed by atoms with Crippen LogP contribution in [0.5, 0.6) is 0 Å². The Morgan fingerprint density at radius 3 is 1.98 bits per heavy atom. The Hall–Kier alpha value is -3.07. The van der Waals surface area contributed by atoms with Crippen LogP contribution in [0.4, 0.5) is 5.69 Å². The van der Waals surface area contributed by atoms with E-state index in [4.69, 9.17) is 23.2 Å². The molecule has 1 atom stereocenters. The zero-order valence-corrected chi connectivity index (χ0v) is 26.4. The average molecular weight is 619 g/mol. The Bertz CT molecular complexity index is 1440. The van der Waals surface area contributed by atoms with Crippen LogP contribution in [-0.2, 0) is 39.0 Å². The van der Waals surface area contributed by atoms with Crippen LogP contribution in [-0.4, -0.2) is 49.5 Å². The molecule has 10 heteroatoms. The molecule has 0 unspecified atom stereocenters. The smallest absolute Gasteiger partial charge is 0.244 e. The molecular weight excluding hydrogens is 581 g/mol. The lowest BCUT2D eigenvalue weighted by Gasteiger charge is -2.35. The number of hydrogen-bond donors (Lipinski definition) is 1. The second-order valence-corrected chi connectivity index (χ2v) is 13.7. The Morgan fingerprint density at radius 2 is 1.46 bits per heavy atom. The van der Waals surface area contributed by atoms with E-state index in [0.29, 0.717) is 21.3 Å². The van der Waals surface area contributed by atoms with Crippen LogP contribution < -0.4 is 9.62 Å². The number of amides is 2. The molecule has 41 heavy (non-hydrogen) atoms. The third kappa shape index (κ3) is 9.21. The van der Waals surface area contributed by atoms with Gasteiger partial charge in [0.1, 0.15) is 12.6 Å². The predicted octanol–water partition coefficient (Wildman–Crippen LogP) is 5.88. The minimum Gasteiger partial charge on any atom is -0.350 e. The van der Waals surface area contributed by atoms with E-state index in [1.165, 1.54) is 4.90 Å². The number of sulfonamides is 1. The number of carbonyl (C=O) groups is 2. The van der Waals surface area contributed by atoms with Crippen molar-refractivity contribution in [1.29, 1.82) is 0 Å². The van der Waals surface area contributed by atoms with Gasteiger partial charge in [-0.15, -0.1) is 0 Å². The van der Waals surface area contributed by atoms with Gasteiger partial charge in [0.2, 0.25) is 21.8 Å². The van der Waals surface area contributed by atoms with Gasteiger partial charge < -0.3 is 10.2 Å². The lowest BCUT2D eigenvalue weighted by atomic mass is 10.0. The summed E-state index contributed by atoms with van der Waals surface area (Å²) in [5.41, 5.74) is 2.10. The molecule has 0 aliphatic heterocycles. The van der Waals surface area contributed by atoms with Crippen LogP contribution in [0.3, 0.4) is 0 Å². The summed E-state index contributed by atoms with van der Waals surface area (Å²) in [4.78, 5) is 29.3. The quantitative estimate of drug-likeness (QED) is 0.291. The van der Waals surface area contributed by atoms with E-state index < -0.39 is 34.1 Å². The number of nitrogens with zero attached hydrogens (tertiary/aromatic N) is 2. The molecule has 3 aromatic carbocycles. The first-order valence-electron chi connectivity index (χ1n) is 13.3. The molecule has 7 nitrogen and oxygen atoms in total. The first-order chi connectivity index (χ1) is 19.2. The molecule has 0 bridgehead atoms. The summed E-state index contributed by atoms with van der Waals surface area (Å²) in [5, 5.41) is 3.65. The van der Waals surface area contributed by atoms with Crippen molar-refractivity contribution in [2.75, 3.05) is 17.1 Å². The van der Waals surface area contributed by atoms with Gasteiger partial charge in [-0.2, -0.15) is 0 Å². The summed E-state index contributed by atoms with van der Waals surface area (Å²) in [6.45, 7) is 6.95. The third-order valence-corrected chi connectivity index (χ3v) is 8.32. The van der Waals surface area contributed by atoms with E-state index in [0.717, 1.165) is 28.1 Å². The molecule has 0 aliphatic carbocycles. The number of halogens is 2. The summed E-state index contributed by atoms with van der Waals surface area (Å²) < 4.78 is 26.9. The molecule has 1 N–H and O–H groups in total. The fraction of sp³-hybridized carbons (Fsp3) is 0.355. The van der Waals surface area contributed by atoms with Gasteiger partial charge >= 0.3 is 0 Å². The zero-order valence-electron chi connectivity index (χ0n) is 24.0. The van der Waals surface area contributed by atoms with E-state index in [-0.39, 0.29) is 18.9 Å². The second-order valence-electron chi connectivity index (χ2n) is 11.0. The van der Waals surface area contributed by atoms with Gasteiger partial charge in [-0.3, -0.25) is 13.9 Å². The molecule has 0 saturated heterocycles. The van der Waals surface area contributed by atoms with Crippen LogP contribution >= 0.6 is 23.2 Å². The van der Waals surface area contributed by atoms with Gasteiger partial charge in [0, 0.05) is 34.1 Å². The summed E-state index contributed by atoms with van der Waals surface area (Å²) >= 11 is 13.0. The van der Waals surface area contributed by atoms with Crippen LogP contribution in [0.25, 0.3) is 0 Å². The van der Waals surface area contributed by atoms with Gasteiger partial charge in [-0.25, -0.2) is 8.42 Å². The summed E-state index contributed by atoms with van der Waals surface area (Å²) in [6.07, 6.45) is 2.03. The maximum absolute atomic E-state index is 14.2. The molecule has 0 aromatic heterocycles. The van der Waals surface area contributed by atoms with Crippen molar-refractivity contribution in [3.8, 4) is 0 Å². The van der Waals surface area contributed by atoms with Crippen LogP contribution in [0.15, 0.2) is 72.8 Å². The van der Waals surface area contributed by atoms with Gasteiger partial charge in [-0.05, 0) is 62.6 Å². The predicted molar refractivity (Wildman–Crippen MR) is 167 cm³/mol. The molecule has 3 aromatic rings. The minimum absolute atomic E-state index is 0.0984. The fourth-order valence-corrected chi connectivity index (χ4v) is 5.74.